The van der Waals surface area contributed by atoms with Gasteiger partial charge < -0.3 is 15.0 Å². The molecule has 2 aliphatic heterocycles. The number of nitrogens with one attached hydrogen (secondary N) is 1. The topological polar surface area (TPSA) is 58.6 Å². The fourth-order valence-electron chi connectivity index (χ4n) is 3.00. The van der Waals surface area contributed by atoms with Crippen LogP contribution >= 0.6 is 0 Å². The minimum Gasteiger partial charge on any atom is -0.381 e. The molecule has 2 heterocycles. The summed E-state index contributed by atoms with van der Waals surface area (Å²) in [6.07, 6.45) is 3.09. The molecule has 1 saturated carbocycles. The van der Waals surface area contributed by atoms with Gasteiger partial charge >= 0.3 is 0 Å². The monoisotopic (exact) mass is 266 g/mol. The highest BCUT2D eigenvalue weighted by molar-refractivity contribution is 5.99. The van der Waals surface area contributed by atoms with E-state index in [0.717, 1.165) is 25.9 Å². The molecule has 2 amide bonds. The quantitative estimate of drug-likeness (QED) is 0.811. The first kappa shape index (κ1) is 12.9. The number of rotatable bonds is 3. The van der Waals surface area contributed by atoms with E-state index < -0.39 is 5.54 Å². The zero-order valence-electron chi connectivity index (χ0n) is 11.6. The van der Waals surface area contributed by atoms with Gasteiger partial charge in [0.25, 0.3) is 0 Å². The molecule has 0 aromatic rings. The number of hydrogen-bond donors (Lipinski definition) is 1. The van der Waals surface area contributed by atoms with Gasteiger partial charge in [0.1, 0.15) is 11.6 Å². The Labute approximate surface area is 113 Å². The minimum atomic E-state index is -0.745. The van der Waals surface area contributed by atoms with Crippen LogP contribution in [0.1, 0.15) is 33.1 Å². The van der Waals surface area contributed by atoms with Crippen molar-refractivity contribution in [2.24, 2.45) is 11.8 Å². The number of carbonyl (C=O) groups excluding carboxylic acids is 2. The van der Waals surface area contributed by atoms with E-state index in [0.29, 0.717) is 25.0 Å². The van der Waals surface area contributed by atoms with E-state index in [-0.39, 0.29) is 17.9 Å². The van der Waals surface area contributed by atoms with Crippen LogP contribution in [0.2, 0.25) is 0 Å². The third-order valence-electron chi connectivity index (χ3n) is 4.61. The highest BCUT2D eigenvalue weighted by atomic mass is 16.5. The number of amides is 2. The van der Waals surface area contributed by atoms with Gasteiger partial charge in [0.2, 0.25) is 11.8 Å². The van der Waals surface area contributed by atoms with Crippen LogP contribution < -0.4 is 5.32 Å². The normalized spacial score (nSPS) is 34.5. The standard InChI is InChI=1S/C14H22N2O3/c1-14(2)13(18)15-11(10-3-4-10)12(17)16(14)7-9-5-6-19-8-9/h9-11H,3-8H2,1-2H3,(H,15,18). The predicted molar refractivity (Wildman–Crippen MR) is 69.4 cm³/mol. The summed E-state index contributed by atoms with van der Waals surface area (Å²) in [4.78, 5) is 26.7. The lowest BCUT2D eigenvalue weighted by Crippen LogP contribution is -2.69. The van der Waals surface area contributed by atoms with E-state index in [1.54, 1.807) is 4.90 Å². The fraction of sp³-hybridized carbons (Fsp3) is 0.857. The van der Waals surface area contributed by atoms with E-state index >= 15 is 0 Å². The summed E-state index contributed by atoms with van der Waals surface area (Å²) in [6, 6.07) is -0.289. The van der Waals surface area contributed by atoms with Crippen LogP contribution in [0.15, 0.2) is 0 Å². The van der Waals surface area contributed by atoms with Crippen LogP contribution in [0.3, 0.4) is 0 Å². The lowest BCUT2D eigenvalue weighted by molar-refractivity contribution is -0.156. The molecule has 0 aromatic heterocycles. The molecule has 106 valence electrons. The van der Waals surface area contributed by atoms with Crippen molar-refractivity contribution < 1.29 is 14.3 Å². The summed E-state index contributed by atoms with van der Waals surface area (Å²) in [6.45, 7) is 5.78. The number of hydrogen-bond acceptors (Lipinski definition) is 3. The zero-order chi connectivity index (χ0) is 13.6. The largest absolute Gasteiger partial charge is 0.381 e. The second-order valence-electron chi connectivity index (χ2n) is 6.53. The van der Waals surface area contributed by atoms with Crippen molar-refractivity contribution in [3.05, 3.63) is 0 Å². The van der Waals surface area contributed by atoms with Gasteiger partial charge in [-0.3, -0.25) is 9.59 Å². The highest BCUT2D eigenvalue weighted by Crippen LogP contribution is 2.37. The molecule has 5 heteroatoms. The first-order valence-electron chi connectivity index (χ1n) is 7.20. The van der Waals surface area contributed by atoms with Crippen LogP contribution in [0, 0.1) is 11.8 Å². The Kier molecular flexibility index (Phi) is 3.04. The minimum absolute atomic E-state index is 0.0251. The van der Waals surface area contributed by atoms with Gasteiger partial charge in [0, 0.05) is 19.1 Å². The molecular weight excluding hydrogens is 244 g/mol. The third kappa shape index (κ3) is 2.24. The molecule has 0 spiro atoms. The Morgan fingerprint density at radius 1 is 1.32 bits per heavy atom. The van der Waals surface area contributed by atoms with E-state index in [2.05, 4.69) is 5.32 Å². The number of carbonyl (C=O) groups is 2. The number of piperazine rings is 1. The Balaban J connectivity index is 1.78. The maximum Gasteiger partial charge on any atom is 0.246 e. The van der Waals surface area contributed by atoms with Crippen LogP contribution in [-0.2, 0) is 14.3 Å². The van der Waals surface area contributed by atoms with Gasteiger partial charge in [-0.15, -0.1) is 0 Å². The first-order chi connectivity index (χ1) is 9.00. The smallest absolute Gasteiger partial charge is 0.246 e. The Morgan fingerprint density at radius 3 is 2.63 bits per heavy atom. The van der Waals surface area contributed by atoms with Crippen molar-refractivity contribution in [1.82, 2.24) is 10.2 Å². The summed E-state index contributed by atoms with van der Waals surface area (Å²) in [5.41, 5.74) is -0.745. The fourth-order valence-corrected chi connectivity index (χ4v) is 3.00. The van der Waals surface area contributed by atoms with Gasteiger partial charge in [-0.05, 0) is 39.0 Å². The zero-order valence-corrected chi connectivity index (χ0v) is 11.6. The molecule has 0 bridgehead atoms. The molecule has 0 aromatic carbocycles. The van der Waals surface area contributed by atoms with Gasteiger partial charge in [-0.1, -0.05) is 0 Å². The lowest BCUT2D eigenvalue weighted by Gasteiger charge is -2.45. The van der Waals surface area contributed by atoms with E-state index in [9.17, 15) is 9.59 Å². The number of nitrogens with zero attached hydrogens (tertiary/aromatic N) is 1. The van der Waals surface area contributed by atoms with Gasteiger partial charge in [0.15, 0.2) is 0 Å². The second-order valence-corrected chi connectivity index (χ2v) is 6.53. The van der Waals surface area contributed by atoms with Crippen molar-refractivity contribution in [3.63, 3.8) is 0 Å². The summed E-state index contributed by atoms with van der Waals surface area (Å²) >= 11 is 0. The lowest BCUT2D eigenvalue weighted by atomic mass is 9.92. The van der Waals surface area contributed by atoms with E-state index in [1.807, 2.05) is 13.8 Å². The second kappa shape index (κ2) is 4.47. The maximum absolute atomic E-state index is 12.6. The van der Waals surface area contributed by atoms with Crippen molar-refractivity contribution in [2.45, 2.75) is 44.7 Å². The Morgan fingerprint density at radius 2 is 2.05 bits per heavy atom. The van der Waals surface area contributed by atoms with Gasteiger partial charge in [0.05, 0.1) is 6.61 Å². The molecule has 1 aliphatic carbocycles. The highest BCUT2D eigenvalue weighted by Gasteiger charge is 2.51. The third-order valence-corrected chi connectivity index (χ3v) is 4.61. The van der Waals surface area contributed by atoms with Crippen LogP contribution in [0.25, 0.3) is 0 Å². The average molecular weight is 266 g/mol. The molecule has 1 N–H and O–H groups in total. The molecule has 2 atom stereocenters. The molecule has 0 radical (unpaired) electrons. The summed E-state index contributed by atoms with van der Waals surface area (Å²) < 4.78 is 5.38. The first-order valence-corrected chi connectivity index (χ1v) is 7.20. The molecule has 2 saturated heterocycles. The Hall–Kier alpha value is -1.10. The van der Waals surface area contributed by atoms with E-state index in [4.69, 9.17) is 4.74 Å². The average Bonchev–Trinajstić information content (AvgIpc) is 3.07. The SMILES string of the molecule is CC1(C)C(=O)NC(C2CC2)C(=O)N1CC1CCOC1. The van der Waals surface area contributed by atoms with Gasteiger partial charge in [-0.2, -0.15) is 0 Å². The van der Waals surface area contributed by atoms with Crippen LogP contribution in [0.5, 0.6) is 0 Å². The van der Waals surface area contributed by atoms with Crippen LogP contribution in [0.4, 0.5) is 0 Å². The predicted octanol–water partition coefficient (Wildman–Crippen LogP) is 0.539. The molecule has 5 nitrogen and oxygen atoms in total. The van der Waals surface area contributed by atoms with Crippen molar-refractivity contribution in [2.75, 3.05) is 19.8 Å². The molecule has 19 heavy (non-hydrogen) atoms. The van der Waals surface area contributed by atoms with E-state index in [1.165, 1.54) is 0 Å². The summed E-state index contributed by atoms with van der Waals surface area (Å²) in [7, 11) is 0. The molecule has 3 fully saturated rings. The molecule has 2 unspecified atom stereocenters. The van der Waals surface area contributed by atoms with Crippen molar-refractivity contribution in [3.8, 4) is 0 Å². The van der Waals surface area contributed by atoms with Crippen molar-refractivity contribution in [1.29, 1.82) is 0 Å². The van der Waals surface area contributed by atoms with Crippen molar-refractivity contribution >= 4 is 11.8 Å². The Bertz CT molecular complexity index is 397. The summed E-state index contributed by atoms with van der Waals surface area (Å²) in [5.74, 6) is 0.797. The number of ether oxygens (including phenoxy) is 1. The van der Waals surface area contributed by atoms with Gasteiger partial charge in [-0.25, -0.2) is 0 Å². The van der Waals surface area contributed by atoms with Crippen LogP contribution in [-0.4, -0.2) is 48.1 Å². The molecule has 3 rings (SSSR count). The molecule has 3 aliphatic rings. The maximum atomic E-state index is 12.6. The molecular formula is C14H22N2O3. The summed E-state index contributed by atoms with van der Waals surface area (Å²) in [5, 5.41) is 2.91.